The lowest BCUT2D eigenvalue weighted by Gasteiger charge is -2.12. The molecule has 1 aromatic heterocycles. The van der Waals surface area contributed by atoms with Crippen LogP contribution in [-0.2, 0) is 13.0 Å². The van der Waals surface area contributed by atoms with Gasteiger partial charge in [-0.3, -0.25) is 0 Å². The number of aromatic nitrogens is 2. The molecule has 0 aliphatic heterocycles. The van der Waals surface area contributed by atoms with E-state index in [9.17, 15) is 0 Å². The number of benzene rings is 3. The third kappa shape index (κ3) is 3.21. The minimum Gasteiger partial charge on any atom is -0.497 e. The Morgan fingerprint density at radius 2 is 1.62 bits per heavy atom. The third-order valence-corrected chi connectivity index (χ3v) is 4.84. The number of methoxy groups -OCH3 is 1. The molecule has 0 aliphatic carbocycles. The molecule has 0 saturated heterocycles. The Morgan fingerprint density at radius 1 is 0.885 bits per heavy atom. The van der Waals surface area contributed by atoms with E-state index in [0.717, 1.165) is 30.1 Å². The Labute approximate surface area is 153 Å². The summed E-state index contributed by atoms with van der Waals surface area (Å²) in [5.41, 5.74) is 6.09. The maximum atomic E-state index is 5.26. The highest BCUT2D eigenvalue weighted by Gasteiger charge is 2.12. The number of imidazole rings is 1. The maximum absolute atomic E-state index is 5.26. The average molecular weight is 342 g/mol. The van der Waals surface area contributed by atoms with Crippen LogP contribution in [0.1, 0.15) is 22.5 Å². The monoisotopic (exact) mass is 342 g/mol. The zero-order chi connectivity index (χ0) is 17.9. The van der Waals surface area contributed by atoms with E-state index in [2.05, 4.69) is 66.1 Å². The van der Waals surface area contributed by atoms with Crippen molar-refractivity contribution < 1.29 is 4.74 Å². The SMILES string of the molecule is COc1ccc(Cc2nc3ccccc3n2Cc2ccccc2C)cc1. The zero-order valence-electron chi connectivity index (χ0n) is 15.1. The molecule has 3 heteroatoms. The van der Waals surface area contributed by atoms with Crippen molar-refractivity contribution >= 4 is 11.0 Å². The molecule has 0 saturated carbocycles. The molecule has 0 amide bonds. The Morgan fingerprint density at radius 3 is 2.38 bits per heavy atom. The minimum absolute atomic E-state index is 0.796. The van der Waals surface area contributed by atoms with Crippen molar-refractivity contribution in [1.82, 2.24) is 9.55 Å². The van der Waals surface area contributed by atoms with Gasteiger partial charge in [0, 0.05) is 13.0 Å². The van der Waals surface area contributed by atoms with Crippen LogP contribution in [0.4, 0.5) is 0 Å². The summed E-state index contributed by atoms with van der Waals surface area (Å²) in [6.45, 7) is 3.00. The van der Waals surface area contributed by atoms with E-state index in [1.165, 1.54) is 22.2 Å². The zero-order valence-corrected chi connectivity index (χ0v) is 15.1. The molecule has 0 bridgehead atoms. The largest absolute Gasteiger partial charge is 0.497 e. The Balaban J connectivity index is 1.74. The second-order valence-corrected chi connectivity index (χ2v) is 6.55. The van der Waals surface area contributed by atoms with Crippen LogP contribution in [0.3, 0.4) is 0 Å². The summed E-state index contributed by atoms with van der Waals surface area (Å²) in [6.07, 6.45) is 0.796. The predicted octanol–water partition coefficient (Wildman–Crippen LogP) is 4.99. The number of rotatable bonds is 5. The first-order chi connectivity index (χ1) is 12.7. The summed E-state index contributed by atoms with van der Waals surface area (Å²) in [5.74, 6) is 1.96. The molecule has 0 atom stereocenters. The maximum Gasteiger partial charge on any atom is 0.118 e. The van der Waals surface area contributed by atoms with Gasteiger partial charge in [-0.05, 0) is 47.9 Å². The second-order valence-electron chi connectivity index (χ2n) is 6.55. The van der Waals surface area contributed by atoms with Crippen molar-refractivity contribution in [3.8, 4) is 5.75 Å². The quantitative estimate of drug-likeness (QED) is 0.511. The molecule has 3 aromatic carbocycles. The van der Waals surface area contributed by atoms with Gasteiger partial charge in [0.25, 0.3) is 0 Å². The highest BCUT2D eigenvalue weighted by Crippen LogP contribution is 2.22. The van der Waals surface area contributed by atoms with E-state index >= 15 is 0 Å². The van der Waals surface area contributed by atoms with Crippen molar-refractivity contribution in [2.75, 3.05) is 7.11 Å². The van der Waals surface area contributed by atoms with E-state index in [1.807, 2.05) is 18.2 Å². The Bertz CT molecular complexity index is 1030. The van der Waals surface area contributed by atoms with Crippen LogP contribution in [0.2, 0.25) is 0 Å². The number of fused-ring (bicyclic) bond motifs is 1. The summed E-state index contributed by atoms with van der Waals surface area (Å²) in [7, 11) is 1.69. The Kier molecular flexibility index (Phi) is 4.44. The van der Waals surface area contributed by atoms with Gasteiger partial charge in [-0.25, -0.2) is 4.98 Å². The highest BCUT2D eigenvalue weighted by molar-refractivity contribution is 5.76. The molecule has 130 valence electrons. The molecule has 0 radical (unpaired) electrons. The summed E-state index contributed by atoms with van der Waals surface area (Å²) in [6, 6.07) is 25.1. The lowest BCUT2D eigenvalue weighted by atomic mass is 10.1. The van der Waals surface area contributed by atoms with Crippen LogP contribution in [0, 0.1) is 6.92 Å². The number of nitrogens with zero attached hydrogens (tertiary/aromatic N) is 2. The predicted molar refractivity (Wildman–Crippen MR) is 106 cm³/mol. The van der Waals surface area contributed by atoms with Crippen LogP contribution in [0.15, 0.2) is 72.8 Å². The van der Waals surface area contributed by atoms with Gasteiger partial charge in [0.1, 0.15) is 11.6 Å². The lowest BCUT2D eigenvalue weighted by Crippen LogP contribution is -2.07. The van der Waals surface area contributed by atoms with Gasteiger partial charge in [-0.1, -0.05) is 48.5 Å². The molecule has 4 rings (SSSR count). The first-order valence-electron chi connectivity index (χ1n) is 8.86. The number of ether oxygens (including phenoxy) is 1. The third-order valence-electron chi connectivity index (χ3n) is 4.84. The molecule has 0 N–H and O–H groups in total. The van der Waals surface area contributed by atoms with E-state index in [-0.39, 0.29) is 0 Å². The summed E-state index contributed by atoms with van der Waals surface area (Å²) >= 11 is 0. The van der Waals surface area contributed by atoms with Crippen LogP contribution in [0.5, 0.6) is 5.75 Å². The fourth-order valence-corrected chi connectivity index (χ4v) is 3.32. The van der Waals surface area contributed by atoms with E-state index < -0.39 is 0 Å². The summed E-state index contributed by atoms with van der Waals surface area (Å²) in [4.78, 5) is 4.91. The van der Waals surface area contributed by atoms with Gasteiger partial charge < -0.3 is 9.30 Å². The molecular weight excluding hydrogens is 320 g/mol. The smallest absolute Gasteiger partial charge is 0.118 e. The van der Waals surface area contributed by atoms with Crippen LogP contribution in [-0.4, -0.2) is 16.7 Å². The van der Waals surface area contributed by atoms with E-state index in [1.54, 1.807) is 7.11 Å². The minimum atomic E-state index is 0.796. The molecule has 0 spiro atoms. The molecular formula is C23H22N2O. The standard InChI is InChI=1S/C23H22N2O/c1-17-7-3-4-8-19(17)16-25-22-10-6-5-9-21(22)24-23(25)15-18-11-13-20(26-2)14-12-18/h3-14H,15-16H2,1-2H3. The van der Waals surface area contributed by atoms with Gasteiger partial charge in [-0.2, -0.15) is 0 Å². The number of para-hydroxylation sites is 2. The van der Waals surface area contributed by atoms with Gasteiger partial charge in [-0.15, -0.1) is 0 Å². The van der Waals surface area contributed by atoms with Crippen molar-refractivity contribution in [3.63, 3.8) is 0 Å². The summed E-state index contributed by atoms with van der Waals surface area (Å²) < 4.78 is 7.60. The fourth-order valence-electron chi connectivity index (χ4n) is 3.32. The topological polar surface area (TPSA) is 27.1 Å². The molecule has 1 heterocycles. The van der Waals surface area contributed by atoms with Gasteiger partial charge in [0.05, 0.1) is 18.1 Å². The van der Waals surface area contributed by atoms with Crippen LogP contribution in [0.25, 0.3) is 11.0 Å². The van der Waals surface area contributed by atoms with E-state index in [0.29, 0.717) is 0 Å². The van der Waals surface area contributed by atoms with E-state index in [4.69, 9.17) is 9.72 Å². The molecule has 26 heavy (non-hydrogen) atoms. The van der Waals surface area contributed by atoms with Gasteiger partial charge in [0.2, 0.25) is 0 Å². The fraction of sp³-hybridized carbons (Fsp3) is 0.174. The van der Waals surface area contributed by atoms with Crippen LogP contribution >= 0.6 is 0 Å². The summed E-state index contributed by atoms with van der Waals surface area (Å²) in [5, 5.41) is 0. The molecule has 0 unspecified atom stereocenters. The lowest BCUT2D eigenvalue weighted by molar-refractivity contribution is 0.414. The first kappa shape index (κ1) is 16.4. The number of hydrogen-bond acceptors (Lipinski definition) is 2. The van der Waals surface area contributed by atoms with Gasteiger partial charge >= 0.3 is 0 Å². The van der Waals surface area contributed by atoms with Crippen molar-refractivity contribution in [1.29, 1.82) is 0 Å². The molecule has 0 fully saturated rings. The van der Waals surface area contributed by atoms with Crippen molar-refractivity contribution in [3.05, 3.63) is 95.3 Å². The molecule has 4 aromatic rings. The van der Waals surface area contributed by atoms with Gasteiger partial charge in [0.15, 0.2) is 0 Å². The average Bonchev–Trinajstić information content (AvgIpc) is 3.01. The van der Waals surface area contributed by atoms with Crippen molar-refractivity contribution in [2.45, 2.75) is 19.9 Å². The van der Waals surface area contributed by atoms with Crippen molar-refractivity contribution in [2.24, 2.45) is 0 Å². The number of aryl methyl sites for hydroxylation is 1. The Hall–Kier alpha value is -3.07. The molecule has 3 nitrogen and oxygen atoms in total. The normalized spacial score (nSPS) is 11.0. The first-order valence-corrected chi connectivity index (χ1v) is 8.86. The number of hydrogen-bond donors (Lipinski definition) is 0. The second kappa shape index (κ2) is 7.04. The molecule has 0 aliphatic rings. The van der Waals surface area contributed by atoms with Crippen LogP contribution < -0.4 is 4.74 Å². The highest BCUT2D eigenvalue weighted by atomic mass is 16.5.